The zero-order valence-electron chi connectivity index (χ0n) is 19.1. The average molecular weight is 1190 g/mol. The fraction of sp³-hybridized carbons (Fsp3) is 0.364. The van der Waals surface area contributed by atoms with Crippen LogP contribution in [0.25, 0.3) is 0 Å². The highest BCUT2D eigenvalue weighted by molar-refractivity contribution is 14.1. The van der Waals surface area contributed by atoms with E-state index in [1.165, 1.54) is 0 Å². The molecule has 0 heterocycles. The average Bonchev–Trinajstić information content (AvgIpc) is 2.84. The molecule has 0 spiro atoms. The Morgan fingerprint density at radius 3 is 1.16 bits per heavy atom. The van der Waals surface area contributed by atoms with Crippen LogP contribution in [0.5, 0.6) is 0 Å². The molecule has 0 amide bonds. The molecule has 0 radical (unpaired) electrons. The number of halogens is 6. The van der Waals surface area contributed by atoms with Crippen molar-refractivity contribution in [1.82, 2.24) is 0 Å². The number of anilines is 2. The second-order valence-electron chi connectivity index (χ2n) is 6.99. The van der Waals surface area contributed by atoms with Crippen molar-refractivity contribution < 1.29 is 33.3 Å². The number of carbonyl (C=O) groups is 2. The van der Waals surface area contributed by atoms with Crippen LogP contribution in [0.3, 0.4) is 0 Å². The topological polar surface area (TPSA) is 132 Å². The molecule has 0 aromatic heterocycles. The van der Waals surface area contributed by atoms with Gasteiger partial charge in [-0.3, -0.25) is 0 Å². The van der Waals surface area contributed by atoms with E-state index in [2.05, 4.69) is 136 Å². The summed E-state index contributed by atoms with van der Waals surface area (Å²) >= 11 is 12.6. The van der Waals surface area contributed by atoms with Crippen molar-refractivity contribution >= 4 is 159 Å². The second kappa shape index (κ2) is 17.9. The summed E-state index contributed by atoms with van der Waals surface area (Å²) < 4.78 is 31.7. The summed E-state index contributed by atoms with van der Waals surface area (Å²) in [7, 11) is 0. The molecule has 0 aliphatic carbocycles. The summed E-state index contributed by atoms with van der Waals surface area (Å²) in [5.74, 6) is -0.849. The van der Waals surface area contributed by atoms with Gasteiger partial charge in [-0.1, -0.05) is 0 Å². The lowest BCUT2D eigenvalue weighted by molar-refractivity contribution is -0.00681. The summed E-state index contributed by atoms with van der Waals surface area (Å²) in [6.45, 7) is 2.25. The maximum absolute atomic E-state index is 12.4. The van der Waals surface area contributed by atoms with E-state index in [9.17, 15) is 9.59 Å². The van der Waals surface area contributed by atoms with Crippen molar-refractivity contribution in [1.29, 1.82) is 0 Å². The van der Waals surface area contributed by atoms with E-state index in [1.54, 1.807) is 0 Å². The molecule has 0 aliphatic rings. The van der Waals surface area contributed by atoms with Gasteiger partial charge in [-0.05, 0) is 148 Å². The van der Waals surface area contributed by atoms with Crippen molar-refractivity contribution in [3.63, 3.8) is 0 Å². The van der Waals surface area contributed by atoms with Gasteiger partial charge >= 0.3 is 11.9 Å². The fourth-order valence-electron chi connectivity index (χ4n) is 2.66. The largest absolute Gasteiger partial charge is 0.460 e. The molecule has 0 aliphatic heterocycles. The molecular formula is C22H22I6N2O7. The number of rotatable bonds is 14. The molecule has 0 saturated carbocycles. The number of esters is 2. The second-order valence-corrected chi connectivity index (χ2v) is 13.8. The number of ether oxygens (including phenoxy) is 5. The molecular weight excluding hydrogens is 1170 g/mol. The molecule has 0 saturated heterocycles. The normalized spacial score (nSPS) is 11.0. The van der Waals surface area contributed by atoms with Crippen LogP contribution < -0.4 is 11.5 Å². The standard InChI is InChI=1S/C22H22I6N2O7/c23-11-9-13(25)19(29)17(27)15(11)21(31)36-7-5-34-3-1-33-2-4-35-6-8-37-22(32)16-12(24)10-14(26)20(30)18(16)28/h9-10H,1-8,29-30H2. The lowest BCUT2D eigenvalue weighted by atomic mass is 10.2. The van der Waals surface area contributed by atoms with Crippen LogP contribution >= 0.6 is 136 Å². The maximum Gasteiger partial charge on any atom is 0.340 e. The quantitative estimate of drug-likeness (QED) is 0.108. The third-order valence-electron chi connectivity index (χ3n) is 4.48. The van der Waals surface area contributed by atoms with E-state index in [-0.39, 0.29) is 26.4 Å². The van der Waals surface area contributed by atoms with E-state index in [4.69, 9.17) is 35.2 Å². The minimum Gasteiger partial charge on any atom is -0.460 e. The molecule has 4 N–H and O–H groups in total. The van der Waals surface area contributed by atoms with E-state index in [0.717, 1.165) is 14.3 Å². The number of nitrogens with two attached hydrogens (primary N) is 2. The summed E-state index contributed by atoms with van der Waals surface area (Å²) in [6, 6.07) is 3.70. The third-order valence-corrected chi connectivity index (χ3v) is 10.2. The molecule has 2 aromatic carbocycles. The maximum atomic E-state index is 12.4. The Labute approximate surface area is 296 Å². The van der Waals surface area contributed by atoms with Crippen LogP contribution in [-0.2, 0) is 23.7 Å². The van der Waals surface area contributed by atoms with Gasteiger partial charge in [0.15, 0.2) is 0 Å². The Kier molecular flexibility index (Phi) is 16.7. The first-order valence-corrected chi connectivity index (χ1v) is 17.0. The minimum atomic E-state index is -0.424. The first-order chi connectivity index (χ1) is 17.6. The monoisotopic (exact) mass is 1190 g/mol. The van der Waals surface area contributed by atoms with Crippen LogP contribution in [0, 0.1) is 21.4 Å². The molecule has 0 fully saturated rings. The van der Waals surface area contributed by atoms with Crippen LogP contribution in [0.1, 0.15) is 20.7 Å². The molecule has 37 heavy (non-hydrogen) atoms. The summed E-state index contributed by atoms with van der Waals surface area (Å²) in [6.07, 6.45) is 0. The van der Waals surface area contributed by atoms with E-state index < -0.39 is 11.9 Å². The third kappa shape index (κ3) is 10.9. The van der Waals surface area contributed by atoms with E-state index in [0.29, 0.717) is 56.1 Å². The van der Waals surface area contributed by atoms with Gasteiger partial charge in [0, 0.05) is 14.3 Å². The smallest absolute Gasteiger partial charge is 0.340 e. The van der Waals surface area contributed by atoms with E-state index >= 15 is 0 Å². The van der Waals surface area contributed by atoms with Crippen molar-refractivity contribution in [2.45, 2.75) is 0 Å². The Hall–Kier alpha value is 1.24. The molecule has 2 aromatic rings. The Balaban J connectivity index is 1.51. The zero-order valence-corrected chi connectivity index (χ0v) is 32.0. The van der Waals surface area contributed by atoms with Crippen LogP contribution in [-0.4, -0.2) is 64.8 Å². The van der Waals surface area contributed by atoms with Gasteiger partial charge in [-0.15, -0.1) is 0 Å². The number of carbonyl (C=O) groups excluding carboxylic acids is 2. The van der Waals surface area contributed by atoms with Crippen molar-refractivity contribution in [3.8, 4) is 0 Å². The number of hydrogen-bond donors (Lipinski definition) is 2. The molecule has 15 heteroatoms. The van der Waals surface area contributed by atoms with Gasteiger partial charge in [0.2, 0.25) is 0 Å². The molecule has 2 rings (SSSR count). The molecule has 9 nitrogen and oxygen atoms in total. The summed E-state index contributed by atoms with van der Waals surface area (Å²) in [4.78, 5) is 24.8. The highest BCUT2D eigenvalue weighted by atomic mass is 127. The predicted molar refractivity (Wildman–Crippen MR) is 191 cm³/mol. The highest BCUT2D eigenvalue weighted by Gasteiger charge is 2.20. The molecule has 0 atom stereocenters. The van der Waals surface area contributed by atoms with Crippen LogP contribution in [0.4, 0.5) is 11.4 Å². The van der Waals surface area contributed by atoms with Gasteiger partial charge in [0.05, 0.1) is 69.3 Å². The van der Waals surface area contributed by atoms with Gasteiger partial charge in [0.25, 0.3) is 0 Å². The molecule has 0 bridgehead atoms. The Morgan fingerprint density at radius 2 is 0.838 bits per heavy atom. The van der Waals surface area contributed by atoms with Crippen molar-refractivity contribution in [2.24, 2.45) is 0 Å². The summed E-state index contributed by atoms with van der Waals surface area (Å²) in [5, 5.41) is 0. The van der Waals surface area contributed by atoms with Gasteiger partial charge in [0.1, 0.15) is 13.2 Å². The van der Waals surface area contributed by atoms with Gasteiger partial charge < -0.3 is 35.2 Å². The SMILES string of the molecule is Nc1c(I)cc(I)c(C(=O)OCCOCCOCCOCCOC(=O)c2c(I)cc(I)c(N)c2I)c1I. The molecule has 204 valence electrons. The first kappa shape index (κ1) is 34.4. The number of benzene rings is 2. The lowest BCUT2D eigenvalue weighted by Crippen LogP contribution is -2.17. The van der Waals surface area contributed by atoms with Gasteiger partial charge in [-0.2, -0.15) is 0 Å². The van der Waals surface area contributed by atoms with Crippen molar-refractivity contribution in [3.05, 3.63) is 44.7 Å². The van der Waals surface area contributed by atoms with E-state index in [1.807, 2.05) is 12.1 Å². The zero-order chi connectivity index (χ0) is 27.5. The van der Waals surface area contributed by atoms with Gasteiger partial charge in [-0.25, -0.2) is 9.59 Å². The lowest BCUT2D eigenvalue weighted by Gasteiger charge is -2.12. The number of hydrogen-bond acceptors (Lipinski definition) is 9. The van der Waals surface area contributed by atoms with Crippen molar-refractivity contribution in [2.75, 3.05) is 64.3 Å². The van der Waals surface area contributed by atoms with Crippen LogP contribution in [0.15, 0.2) is 12.1 Å². The van der Waals surface area contributed by atoms with Crippen LogP contribution in [0.2, 0.25) is 0 Å². The summed E-state index contributed by atoms with van der Waals surface area (Å²) in [5.41, 5.74) is 14.1. The minimum absolute atomic E-state index is 0.131. The Morgan fingerprint density at radius 1 is 0.541 bits per heavy atom. The highest BCUT2D eigenvalue weighted by Crippen LogP contribution is 2.31. The number of nitrogen functional groups attached to an aromatic ring is 2. The first-order valence-electron chi connectivity index (χ1n) is 10.5. The fourth-order valence-corrected chi connectivity index (χ4v) is 10.3. The Bertz CT molecular complexity index is 1030. The molecule has 0 unspecified atom stereocenters. The predicted octanol–water partition coefficient (Wildman–Crippen LogP) is 5.54.